The second kappa shape index (κ2) is 5.90. The number of aromatic nitrogens is 1. The monoisotopic (exact) mass is 308 g/mol. The van der Waals surface area contributed by atoms with Gasteiger partial charge in [0, 0.05) is 5.33 Å². The zero-order chi connectivity index (χ0) is 13.0. The maximum atomic E-state index is 12.9. The van der Waals surface area contributed by atoms with Crippen LogP contribution in [0, 0.1) is 0 Å². The lowest BCUT2D eigenvalue weighted by Gasteiger charge is -2.13. The number of nitrogens with zero attached hydrogens (tertiary/aromatic N) is 1. The van der Waals surface area contributed by atoms with E-state index in [0.717, 1.165) is 6.20 Å². The van der Waals surface area contributed by atoms with E-state index in [9.17, 15) is 13.6 Å². The number of nitrogens with two attached hydrogens (primary N) is 1. The molecule has 0 radical (unpaired) electrons. The van der Waals surface area contributed by atoms with E-state index in [4.69, 9.17) is 10.5 Å². The van der Waals surface area contributed by atoms with E-state index in [1.807, 2.05) is 0 Å². The first kappa shape index (κ1) is 13.8. The lowest BCUT2D eigenvalue weighted by Crippen LogP contribution is -2.14. The van der Waals surface area contributed by atoms with Gasteiger partial charge in [0.05, 0.1) is 35.3 Å². The van der Waals surface area contributed by atoms with Gasteiger partial charge in [0.1, 0.15) is 0 Å². The molecule has 1 aromatic heterocycles. The summed E-state index contributed by atoms with van der Waals surface area (Å²) in [5.41, 5.74) is 4.62. The second-order valence-corrected chi connectivity index (χ2v) is 3.66. The van der Waals surface area contributed by atoms with Crippen LogP contribution >= 0.6 is 15.9 Å². The van der Waals surface area contributed by atoms with Gasteiger partial charge >= 0.3 is 5.97 Å². The van der Waals surface area contributed by atoms with Crippen molar-refractivity contribution in [1.82, 2.24) is 4.98 Å². The molecule has 0 aromatic carbocycles. The molecule has 0 aliphatic heterocycles. The van der Waals surface area contributed by atoms with E-state index in [2.05, 4.69) is 20.9 Å². The summed E-state index contributed by atoms with van der Waals surface area (Å²) < 4.78 is 30.5. The van der Waals surface area contributed by atoms with Crippen LogP contribution in [0.3, 0.4) is 0 Å². The Balaban J connectivity index is 3.40. The third-order valence-electron chi connectivity index (χ3n) is 2.05. The van der Waals surface area contributed by atoms with Crippen molar-refractivity contribution in [3.8, 4) is 0 Å². The summed E-state index contributed by atoms with van der Waals surface area (Å²) in [6.45, 7) is 1.69. The van der Waals surface area contributed by atoms with Crippen molar-refractivity contribution < 1.29 is 18.3 Å². The highest BCUT2D eigenvalue weighted by Gasteiger charge is 2.26. The fraction of sp³-hybridized carbons (Fsp3) is 0.400. The number of hydrogen-bond donors (Lipinski definition) is 1. The molecular weight excluding hydrogens is 298 g/mol. The Labute approximate surface area is 105 Å². The molecule has 1 heterocycles. The summed E-state index contributed by atoms with van der Waals surface area (Å²) in [5.74, 6) is -0.836. The summed E-state index contributed by atoms with van der Waals surface area (Å²) in [5, 5.41) is 0.168. The Morgan fingerprint density at radius 1 is 1.65 bits per heavy atom. The molecule has 0 atom stereocenters. The van der Waals surface area contributed by atoms with Gasteiger partial charge in [-0.1, -0.05) is 15.9 Å². The number of nitrogen functional groups attached to an aromatic ring is 1. The minimum Gasteiger partial charge on any atom is -0.462 e. The maximum absolute atomic E-state index is 12.9. The predicted molar refractivity (Wildman–Crippen MR) is 62.2 cm³/mol. The van der Waals surface area contributed by atoms with Gasteiger partial charge in [-0.15, -0.1) is 0 Å². The van der Waals surface area contributed by atoms with Crippen molar-refractivity contribution in [2.45, 2.75) is 18.7 Å². The van der Waals surface area contributed by atoms with E-state index in [-0.39, 0.29) is 28.9 Å². The molecule has 1 aromatic rings. The zero-order valence-corrected chi connectivity index (χ0v) is 10.6. The van der Waals surface area contributed by atoms with Gasteiger partial charge in [-0.3, -0.25) is 4.98 Å². The number of ether oxygens (including phenoxy) is 1. The summed E-state index contributed by atoms with van der Waals surface area (Å²) >= 11 is 3.08. The zero-order valence-electron chi connectivity index (χ0n) is 9.04. The number of carbonyl (C=O) groups is 1. The normalized spacial score (nSPS) is 10.6. The number of halogens is 3. The van der Waals surface area contributed by atoms with Crippen LogP contribution in [-0.4, -0.2) is 17.6 Å². The van der Waals surface area contributed by atoms with Crippen LogP contribution in [0.5, 0.6) is 0 Å². The van der Waals surface area contributed by atoms with Gasteiger partial charge < -0.3 is 10.5 Å². The van der Waals surface area contributed by atoms with Gasteiger partial charge in [0.25, 0.3) is 6.43 Å². The minimum atomic E-state index is -2.85. The summed E-state index contributed by atoms with van der Waals surface area (Å²) in [7, 11) is 0. The molecule has 0 aliphatic rings. The van der Waals surface area contributed by atoms with Crippen molar-refractivity contribution >= 4 is 27.6 Å². The lowest BCUT2D eigenvalue weighted by atomic mass is 10.1. The summed E-state index contributed by atoms with van der Waals surface area (Å²) in [6.07, 6.45) is -1.74. The van der Waals surface area contributed by atoms with Gasteiger partial charge in [0.15, 0.2) is 0 Å². The standard InChI is InChI=1S/C10H11BrF2N2O2/c1-2-17-10(16)8-6(3-11)15-4-5(14)7(8)9(12)13/h4,9H,2-3,14H2,1H3. The number of anilines is 1. The number of hydrogen-bond acceptors (Lipinski definition) is 4. The van der Waals surface area contributed by atoms with Crippen LogP contribution in [0.15, 0.2) is 6.20 Å². The van der Waals surface area contributed by atoms with E-state index in [1.54, 1.807) is 6.92 Å². The number of rotatable bonds is 4. The third kappa shape index (κ3) is 2.91. The smallest absolute Gasteiger partial charge is 0.340 e. The Morgan fingerprint density at radius 3 is 2.76 bits per heavy atom. The van der Waals surface area contributed by atoms with Gasteiger partial charge in [-0.25, -0.2) is 13.6 Å². The van der Waals surface area contributed by atoms with Crippen LogP contribution in [-0.2, 0) is 10.1 Å². The van der Waals surface area contributed by atoms with Gasteiger partial charge in [-0.2, -0.15) is 0 Å². The van der Waals surface area contributed by atoms with Crippen LogP contribution in [0.25, 0.3) is 0 Å². The van der Waals surface area contributed by atoms with E-state index in [1.165, 1.54) is 0 Å². The van der Waals surface area contributed by atoms with Crippen LogP contribution in [0.2, 0.25) is 0 Å². The molecule has 4 nitrogen and oxygen atoms in total. The molecule has 2 N–H and O–H groups in total. The van der Waals surface area contributed by atoms with E-state index < -0.39 is 18.0 Å². The van der Waals surface area contributed by atoms with Crippen LogP contribution in [0.1, 0.15) is 35.0 Å². The molecule has 0 spiro atoms. The highest BCUT2D eigenvalue weighted by molar-refractivity contribution is 9.08. The SMILES string of the molecule is CCOC(=O)c1c(CBr)ncc(N)c1C(F)F. The van der Waals surface area contributed by atoms with Crippen molar-refractivity contribution in [2.75, 3.05) is 12.3 Å². The first-order valence-electron chi connectivity index (χ1n) is 4.81. The van der Waals surface area contributed by atoms with E-state index >= 15 is 0 Å². The van der Waals surface area contributed by atoms with Crippen molar-refractivity contribution in [2.24, 2.45) is 0 Å². The molecule has 7 heteroatoms. The molecule has 0 saturated carbocycles. The van der Waals surface area contributed by atoms with Crippen LogP contribution in [0.4, 0.5) is 14.5 Å². The molecule has 0 saturated heterocycles. The Hall–Kier alpha value is -1.24. The number of esters is 1. The molecule has 0 bridgehead atoms. The first-order chi connectivity index (χ1) is 8.02. The first-order valence-corrected chi connectivity index (χ1v) is 5.93. The van der Waals surface area contributed by atoms with Crippen LogP contribution < -0.4 is 5.73 Å². The maximum Gasteiger partial charge on any atom is 0.340 e. The van der Waals surface area contributed by atoms with Gasteiger partial charge in [0.2, 0.25) is 0 Å². The Kier molecular flexibility index (Phi) is 4.80. The average Bonchev–Trinajstić information content (AvgIpc) is 2.28. The lowest BCUT2D eigenvalue weighted by molar-refractivity contribution is 0.0514. The molecule has 1 rings (SSSR count). The largest absolute Gasteiger partial charge is 0.462 e. The molecule has 17 heavy (non-hydrogen) atoms. The van der Waals surface area contributed by atoms with Crippen molar-refractivity contribution in [1.29, 1.82) is 0 Å². The van der Waals surface area contributed by atoms with E-state index in [0.29, 0.717) is 0 Å². The molecular formula is C10H11BrF2N2O2. The number of pyridine rings is 1. The highest BCUT2D eigenvalue weighted by atomic mass is 79.9. The van der Waals surface area contributed by atoms with Crippen molar-refractivity contribution in [3.63, 3.8) is 0 Å². The Bertz CT molecular complexity index is 427. The highest BCUT2D eigenvalue weighted by Crippen LogP contribution is 2.31. The molecule has 0 aliphatic carbocycles. The average molecular weight is 309 g/mol. The fourth-order valence-electron chi connectivity index (χ4n) is 1.35. The molecule has 0 fully saturated rings. The Morgan fingerprint density at radius 2 is 2.29 bits per heavy atom. The summed E-state index contributed by atoms with van der Waals surface area (Å²) in [6, 6.07) is 0. The molecule has 94 valence electrons. The molecule has 0 amide bonds. The number of alkyl halides is 3. The van der Waals surface area contributed by atoms with Gasteiger partial charge in [-0.05, 0) is 6.92 Å². The summed E-state index contributed by atoms with van der Waals surface area (Å²) in [4.78, 5) is 15.5. The molecule has 0 unspecified atom stereocenters. The number of carbonyl (C=O) groups excluding carboxylic acids is 1. The predicted octanol–water partition coefficient (Wildman–Crippen LogP) is 2.67. The van der Waals surface area contributed by atoms with Crippen molar-refractivity contribution in [3.05, 3.63) is 23.0 Å². The minimum absolute atomic E-state index is 0.0953. The second-order valence-electron chi connectivity index (χ2n) is 3.10. The quantitative estimate of drug-likeness (QED) is 0.686. The fourth-order valence-corrected chi connectivity index (χ4v) is 1.77. The third-order valence-corrected chi connectivity index (χ3v) is 2.58. The topological polar surface area (TPSA) is 65.2 Å².